The van der Waals surface area contributed by atoms with Crippen molar-refractivity contribution in [3.05, 3.63) is 60.2 Å². The summed E-state index contributed by atoms with van der Waals surface area (Å²) in [6.07, 6.45) is 0.953. The standard InChI is InChI=1S/C20H22FN3O2/c1-15-23-18-8-2-3-9-19(18)24(15)12-11-22-20(25)10-5-13-26-17-7-4-6-16(21)14-17/h2-4,6-9,14H,5,10-13H2,1H3,(H,22,25). The number of aromatic nitrogens is 2. The molecule has 136 valence electrons. The first-order chi connectivity index (χ1) is 12.6. The van der Waals surface area contributed by atoms with Crippen molar-refractivity contribution in [1.29, 1.82) is 0 Å². The molecule has 26 heavy (non-hydrogen) atoms. The van der Waals surface area contributed by atoms with Crippen molar-refractivity contribution in [2.75, 3.05) is 13.2 Å². The van der Waals surface area contributed by atoms with E-state index in [9.17, 15) is 9.18 Å². The van der Waals surface area contributed by atoms with Crippen molar-refractivity contribution in [3.8, 4) is 5.75 Å². The molecule has 1 N–H and O–H groups in total. The Kier molecular flexibility index (Phi) is 5.84. The molecule has 2 aromatic carbocycles. The lowest BCUT2D eigenvalue weighted by Gasteiger charge is -2.09. The van der Waals surface area contributed by atoms with E-state index in [4.69, 9.17) is 4.74 Å². The fourth-order valence-corrected chi connectivity index (χ4v) is 2.85. The molecule has 1 amide bonds. The number of carbonyl (C=O) groups excluding carboxylic acids is 1. The molecule has 0 radical (unpaired) electrons. The summed E-state index contributed by atoms with van der Waals surface area (Å²) in [6.45, 7) is 3.57. The summed E-state index contributed by atoms with van der Waals surface area (Å²) in [5, 5.41) is 2.92. The minimum atomic E-state index is -0.331. The summed E-state index contributed by atoms with van der Waals surface area (Å²) in [4.78, 5) is 16.4. The third-order valence-electron chi connectivity index (χ3n) is 4.12. The molecule has 0 aliphatic rings. The number of para-hydroxylation sites is 2. The number of amides is 1. The molecule has 0 atom stereocenters. The molecule has 0 saturated heterocycles. The van der Waals surface area contributed by atoms with Crippen LogP contribution in [0.2, 0.25) is 0 Å². The Bertz CT molecular complexity index is 892. The van der Waals surface area contributed by atoms with Crippen LogP contribution < -0.4 is 10.1 Å². The van der Waals surface area contributed by atoms with Crippen LogP contribution in [-0.4, -0.2) is 28.6 Å². The molecule has 0 aliphatic carbocycles. The van der Waals surface area contributed by atoms with Crippen LogP contribution in [0.3, 0.4) is 0 Å². The number of rotatable bonds is 8. The zero-order chi connectivity index (χ0) is 18.4. The molecule has 0 saturated carbocycles. The van der Waals surface area contributed by atoms with Gasteiger partial charge in [-0.05, 0) is 37.6 Å². The molecule has 0 aliphatic heterocycles. The summed E-state index contributed by atoms with van der Waals surface area (Å²) in [5.41, 5.74) is 2.04. The van der Waals surface area contributed by atoms with Gasteiger partial charge in [-0.3, -0.25) is 4.79 Å². The smallest absolute Gasteiger partial charge is 0.220 e. The monoisotopic (exact) mass is 355 g/mol. The highest BCUT2D eigenvalue weighted by Crippen LogP contribution is 2.15. The van der Waals surface area contributed by atoms with E-state index < -0.39 is 0 Å². The SMILES string of the molecule is Cc1nc2ccccc2n1CCNC(=O)CCCOc1cccc(F)c1. The van der Waals surface area contributed by atoms with Gasteiger partial charge in [0.15, 0.2) is 0 Å². The quantitative estimate of drug-likeness (QED) is 0.630. The first-order valence-corrected chi connectivity index (χ1v) is 8.70. The summed E-state index contributed by atoms with van der Waals surface area (Å²) in [5.74, 6) is 1.06. The molecule has 0 spiro atoms. The Hall–Kier alpha value is -2.89. The first-order valence-electron chi connectivity index (χ1n) is 8.70. The average molecular weight is 355 g/mol. The number of halogens is 1. The van der Waals surface area contributed by atoms with Gasteiger partial charge in [0.1, 0.15) is 17.4 Å². The number of nitrogens with zero attached hydrogens (tertiary/aromatic N) is 2. The van der Waals surface area contributed by atoms with Crippen LogP contribution in [-0.2, 0) is 11.3 Å². The fourth-order valence-electron chi connectivity index (χ4n) is 2.85. The number of nitrogens with one attached hydrogen (secondary N) is 1. The van der Waals surface area contributed by atoms with E-state index in [0.29, 0.717) is 38.3 Å². The fraction of sp³-hybridized carbons (Fsp3) is 0.300. The zero-order valence-electron chi connectivity index (χ0n) is 14.7. The van der Waals surface area contributed by atoms with Crippen LogP contribution in [0, 0.1) is 12.7 Å². The Labute approximate surface area is 151 Å². The number of ether oxygens (including phenoxy) is 1. The minimum absolute atomic E-state index is 0.0186. The van der Waals surface area contributed by atoms with Crippen molar-refractivity contribution in [2.24, 2.45) is 0 Å². The van der Waals surface area contributed by atoms with Gasteiger partial charge >= 0.3 is 0 Å². The van der Waals surface area contributed by atoms with E-state index in [1.54, 1.807) is 12.1 Å². The van der Waals surface area contributed by atoms with E-state index in [0.717, 1.165) is 16.9 Å². The van der Waals surface area contributed by atoms with Gasteiger partial charge in [-0.25, -0.2) is 9.37 Å². The van der Waals surface area contributed by atoms with Gasteiger partial charge in [0.2, 0.25) is 5.91 Å². The first kappa shape index (κ1) is 17.9. The number of carbonyl (C=O) groups is 1. The molecule has 3 rings (SSSR count). The second kappa shape index (κ2) is 8.47. The van der Waals surface area contributed by atoms with E-state index in [1.807, 2.05) is 31.2 Å². The van der Waals surface area contributed by atoms with Crippen molar-refractivity contribution in [3.63, 3.8) is 0 Å². The molecule has 0 fully saturated rings. The Morgan fingerprint density at radius 2 is 2.08 bits per heavy atom. The number of hydrogen-bond donors (Lipinski definition) is 1. The molecule has 6 heteroatoms. The topological polar surface area (TPSA) is 56.2 Å². The van der Waals surface area contributed by atoms with Crippen LogP contribution in [0.4, 0.5) is 4.39 Å². The van der Waals surface area contributed by atoms with E-state index in [-0.39, 0.29) is 11.7 Å². The Morgan fingerprint density at radius 3 is 2.92 bits per heavy atom. The number of aryl methyl sites for hydroxylation is 1. The van der Waals surface area contributed by atoms with Gasteiger partial charge in [0.05, 0.1) is 17.6 Å². The molecule has 5 nitrogen and oxygen atoms in total. The summed E-state index contributed by atoms with van der Waals surface area (Å²) < 4.78 is 20.6. The van der Waals surface area contributed by atoms with Crippen LogP contribution in [0.25, 0.3) is 11.0 Å². The lowest BCUT2D eigenvalue weighted by molar-refractivity contribution is -0.121. The predicted molar refractivity (Wildman–Crippen MR) is 98.6 cm³/mol. The van der Waals surface area contributed by atoms with Gasteiger partial charge in [0, 0.05) is 25.6 Å². The molecule has 3 aromatic rings. The molecule has 1 heterocycles. The highest BCUT2D eigenvalue weighted by Gasteiger charge is 2.07. The largest absolute Gasteiger partial charge is 0.493 e. The van der Waals surface area contributed by atoms with Gasteiger partial charge < -0.3 is 14.6 Å². The third kappa shape index (κ3) is 4.59. The van der Waals surface area contributed by atoms with Crippen LogP contribution >= 0.6 is 0 Å². The van der Waals surface area contributed by atoms with Gasteiger partial charge in [-0.2, -0.15) is 0 Å². The minimum Gasteiger partial charge on any atom is -0.493 e. The highest BCUT2D eigenvalue weighted by molar-refractivity contribution is 5.76. The number of hydrogen-bond acceptors (Lipinski definition) is 3. The van der Waals surface area contributed by atoms with Gasteiger partial charge in [-0.15, -0.1) is 0 Å². The highest BCUT2D eigenvalue weighted by atomic mass is 19.1. The molecule has 1 aromatic heterocycles. The zero-order valence-corrected chi connectivity index (χ0v) is 14.7. The second-order valence-corrected chi connectivity index (χ2v) is 6.06. The maximum atomic E-state index is 13.0. The Balaban J connectivity index is 1.38. The van der Waals surface area contributed by atoms with Crippen molar-refractivity contribution in [2.45, 2.75) is 26.3 Å². The number of benzene rings is 2. The maximum Gasteiger partial charge on any atom is 0.220 e. The van der Waals surface area contributed by atoms with E-state index >= 15 is 0 Å². The lowest BCUT2D eigenvalue weighted by Crippen LogP contribution is -2.27. The van der Waals surface area contributed by atoms with Crippen LogP contribution in [0.5, 0.6) is 5.75 Å². The Morgan fingerprint density at radius 1 is 1.23 bits per heavy atom. The summed E-state index contributed by atoms with van der Waals surface area (Å²) >= 11 is 0. The average Bonchev–Trinajstić information content (AvgIpc) is 2.94. The van der Waals surface area contributed by atoms with Crippen LogP contribution in [0.15, 0.2) is 48.5 Å². The summed E-state index contributed by atoms with van der Waals surface area (Å²) in [6, 6.07) is 13.9. The van der Waals surface area contributed by atoms with E-state index in [2.05, 4.69) is 14.9 Å². The predicted octanol–water partition coefficient (Wildman–Crippen LogP) is 3.46. The summed E-state index contributed by atoms with van der Waals surface area (Å²) in [7, 11) is 0. The normalized spacial score (nSPS) is 10.8. The molecule has 0 unspecified atom stereocenters. The third-order valence-corrected chi connectivity index (χ3v) is 4.12. The lowest BCUT2D eigenvalue weighted by atomic mass is 10.3. The maximum absolute atomic E-state index is 13.0. The molecule has 0 bridgehead atoms. The van der Waals surface area contributed by atoms with Gasteiger partial charge in [-0.1, -0.05) is 18.2 Å². The van der Waals surface area contributed by atoms with E-state index in [1.165, 1.54) is 12.1 Å². The van der Waals surface area contributed by atoms with Crippen molar-refractivity contribution >= 4 is 16.9 Å². The number of fused-ring (bicyclic) bond motifs is 1. The van der Waals surface area contributed by atoms with Crippen molar-refractivity contribution < 1.29 is 13.9 Å². The van der Waals surface area contributed by atoms with Crippen molar-refractivity contribution in [1.82, 2.24) is 14.9 Å². The second-order valence-electron chi connectivity index (χ2n) is 6.06. The van der Waals surface area contributed by atoms with Crippen LogP contribution in [0.1, 0.15) is 18.7 Å². The number of imidazole rings is 1. The molecular weight excluding hydrogens is 333 g/mol. The molecular formula is C20H22FN3O2. The van der Waals surface area contributed by atoms with Gasteiger partial charge in [0.25, 0.3) is 0 Å².